The molecule has 3 heterocycles. The largest absolute Gasteiger partial charge is 0.460 e. The summed E-state index contributed by atoms with van der Waals surface area (Å²) in [6.07, 6.45) is -33.4. The van der Waals surface area contributed by atoms with Crippen LogP contribution in [-0.4, -0.2) is 165 Å². The van der Waals surface area contributed by atoms with Crippen LogP contribution in [0.2, 0.25) is 0 Å². The van der Waals surface area contributed by atoms with Gasteiger partial charge in [-0.1, -0.05) is 0 Å². The molecule has 0 radical (unpaired) electrons. The summed E-state index contributed by atoms with van der Waals surface area (Å²) >= 11 is 0. The summed E-state index contributed by atoms with van der Waals surface area (Å²) in [4.78, 5) is 16.4. The van der Waals surface area contributed by atoms with Crippen LogP contribution in [0.1, 0.15) is 24.5 Å². The molecule has 0 unspecified atom stereocenters. The number of hydrogen-bond donors (Lipinski definition) is 0. The minimum Gasteiger partial charge on any atom is -0.457 e. The average molecular weight is 1240 g/mol. The first-order valence-corrected chi connectivity index (χ1v) is 18.7. The van der Waals surface area contributed by atoms with Gasteiger partial charge in [0.25, 0.3) is 0 Å². The lowest BCUT2D eigenvalue weighted by atomic mass is 9.78. The van der Waals surface area contributed by atoms with Crippen molar-refractivity contribution in [3.8, 4) is 24.0 Å². The highest BCUT2D eigenvalue weighted by molar-refractivity contribution is 5.28. The van der Waals surface area contributed by atoms with Crippen molar-refractivity contribution in [2.24, 2.45) is 0 Å². The van der Waals surface area contributed by atoms with Gasteiger partial charge in [-0.3, -0.25) is 0 Å². The van der Waals surface area contributed by atoms with Crippen molar-refractivity contribution in [2.75, 3.05) is 39.6 Å². The lowest BCUT2D eigenvalue weighted by Crippen LogP contribution is -2.62. The van der Waals surface area contributed by atoms with E-state index in [2.05, 4.69) is 48.9 Å². The van der Waals surface area contributed by atoms with E-state index in [9.17, 15) is 158 Å². The van der Waals surface area contributed by atoms with Gasteiger partial charge in [-0.25, -0.2) is 0 Å². The van der Waals surface area contributed by atoms with E-state index in [1.807, 2.05) is 0 Å². The van der Waals surface area contributed by atoms with E-state index < -0.39 is 189 Å². The highest BCUT2D eigenvalue weighted by atomic mass is 19.5. The van der Waals surface area contributed by atoms with Crippen molar-refractivity contribution < 1.29 is 182 Å². The normalized spacial score (nSPS) is 17.0. The first kappa shape index (κ1) is 66.9. The molecule has 1 aliphatic rings. The molecule has 0 bridgehead atoms. The number of hydrogen-bond acceptors (Lipinski definition) is 11. The van der Waals surface area contributed by atoms with Crippen LogP contribution in [-0.2, 0) is 10.2 Å². The minimum absolute atomic E-state index is 1.21. The summed E-state index contributed by atoms with van der Waals surface area (Å²) in [7, 11) is 0. The fraction of sp³-hybridized carbons (Fsp3) is 0.806. The van der Waals surface area contributed by atoms with Gasteiger partial charge in [0, 0.05) is 13.2 Å². The van der Waals surface area contributed by atoms with Gasteiger partial charge in [0.2, 0.25) is 0 Å². The van der Waals surface area contributed by atoms with Crippen LogP contribution in [0.25, 0.3) is 0 Å². The van der Waals surface area contributed by atoms with Crippen LogP contribution < -0.4 is 18.9 Å². The Morgan fingerprint density at radius 1 is 0.282 bits per heavy atom. The summed E-state index contributed by atoms with van der Waals surface area (Å²) in [5.74, 6) is -94.1. The number of halogens is 36. The summed E-state index contributed by atoms with van der Waals surface area (Å²) in [5.41, 5.74) is -3.41. The highest BCUT2D eigenvalue weighted by Gasteiger charge is 2.85. The van der Waals surface area contributed by atoms with E-state index in [1.54, 1.807) is 0 Å². The Labute approximate surface area is 401 Å². The summed E-state index contributed by atoms with van der Waals surface area (Å²) in [6.45, 7) is -17.3. The lowest BCUT2D eigenvalue weighted by Gasteiger charge is -2.35. The molecule has 0 aliphatic carbocycles. The van der Waals surface area contributed by atoms with Crippen LogP contribution in [0.5, 0.6) is 24.0 Å². The van der Waals surface area contributed by atoms with E-state index in [0.29, 0.717) is 0 Å². The molecule has 1 aliphatic heterocycles. The molecule has 0 amide bonds. The van der Waals surface area contributed by atoms with Gasteiger partial charge in [0.15, 0.2) is 38.1 Å². The Bertz CT molecular complexity index is 2110. The number of nitrogens with zero attached hydrogens (tertiary/aromatic N) is 6. The molecular weight excluding hydrogens is 1220 g/mol. The van der Waals surface area contributed by atoms with Gasteiger partial charge in [-0.15, -0.1) is 9.97 Å². The monoisotopic (exact) mass is 1240 g/mol. The third-order valence-electron chi connectivity index (χ3n) is 9.76. The molecule has 47 heteroatoms. The van der Waals surface area contributed by atoms with Gasteiger partial charge in [0.05, 0.1) is 5.41 Å². The van der Waals surface area contributed by atoms with E-state index in [-0.39, 0.29) is 0 Å². The molecule has 1 saturated heterocycles. The fourth-order valence-electron chi connectivity index (χ4n) is 5.24. The van der Waals surface area contributed by atoms with Crippen LogP contribution in [0.4, 0.5) is 158 Å². The van der Waals surface area contributed by atoms with Crippen molar-refractivity contribution in [3.63, 3.8) is 0 Å². The Hall–Kier alpha value is -5.34. The van der Waals surface area contributed by atoms with Gasteiger partial charge in [-0.05, 0) is 12.8 Å². The summed E-state index contributed by atoms with van der Waals surface area (Å²) in [5, 5.41) is 0. The zero-order chi connectivity index (χ0) is 61.4. The van der Waals surface area contributed by atoms with E-state index in [1.165, 1.54) is 0 Å². The number of rotatable bonds is 22. The van der Waals surface area contributed by atoms with Gasteiger partial charge in [0.1, 0.15) is 0 Å². The maximum Gasteiger partial charge on any atom is 0.460 e. The summed E-state index contributed by atoms with van der Waals surface area (Å²) < 4.78 is 509. The second-order valence-corrected chi connectivity index (χ2v) is 15.2. The zero-order valence-electron chi connectivity index (χ0n) is 35.5. The molecule has 0 saturated carbocycles. The molecule has 1 fully saturated rings. The van der Waals surface area contributed by atoms with Crippen LogP contribution in [0, 0.1) is 0 Å². The number of aromatic nitrogens is 6. The molecule has 0 aromatic carbocycles. The van der Waals surface area contributed by atoms with Crippen molar-refractivity contribution in [3.05, 3.63) is 11.6 Å². The Morgan fingerprint density at radius 3 is 0.628 bits per heavy atom. The van der Waals surface area contributed by atoms with Crippen LogP contribution in [0.3, 0.4) is 0 Å². The predicted octanol–water partition coefficient (Wildman–Crippen LogP) is 11.5. The van der Waals surface area contributed by atoms with E-state index >= 15 is 0 Å². The first-order valence-electron chi connectivity index (χ1n) is 18.7. The van der Waals surface area contributed by atoms with E-state index in [4.69, 9.17) is 4.74 Å². The van der Waals surface area contributed by atoms with Gasteiger partial charge < -0.3 is 23.7 Å². The third kappa shape index (κ3) is 11.5. The molecule has 0 atom stereocenters. The Balaban J connectivity index is 2.44. The molecule has 0 N–H and O–H groups in total. The zero-order valence-corrected chi connectivity index (χ0v) is 35.5. The van der Waals surface area contributed by atoms with Gasteiger partial charge >= 0.3 is 120 Å². The SMILES string of the molecule is FC(F)(F)C(F)(F)C(F)(F)C(F)(F)COc1nc(OCC(F)(F)C(F)(F)C(F)(F)C(F)(F)F)nc(C2(c3nc(OCC(F)(F)C(F)(F)C(F)(F)C(F)(F)F)nc(OCC(F)(F)C(F)(F)C(F)(F)C(F)(F)F)n3)CCOCC2)n1. The topological polar surface area (TPSA) is 123 Å². The van der Waals surface area contributed by atoms with Crippen molar-refractivity contribution in [2.45, 2.75) is 114 Å². The lowest BCUT2D eigenvalue weighted by molar-refractivity contribution is -0.398. The molecule has 2 aromatic heterocycles. The molecule has 0 spiro atoms. The average Bonchev–Trinajstić information content (AvgIpc) is 3.27. The summed E-state index contributed by atoms with van der Waals surface area (Å²) in [6, 6.07) is -10.4. The highest BCUT2D eigenvalue weighted by Crippen LogP contribution is 2.57. The second kappa shape index (κ2) is 20.0. The maximum absolute atomic E-state index is 14.5. The first-order chi connectivity index (χ1) is 34.2. The minimum atomic E-state index is -7.80. The molecule has 78 heavy (non-hydrogen) atoms. The standard InChI is InChI=1S/C31H16F36N6O5/c32-16(33,20(40,41)24(48,49)28(56,57)58)5-75-11-68-9(69-12(72-11)76-6-17(34,35)21(42,43)25(50,51)29(59,60)61)15(1-3-74-4-2-15)10-70-13(77-7-18(36,37)22(44,45)26(52,53)30(62,63)64)73-14(71-10)78-8-19(38,39)23(46,47)27(54,55)31(65,66)67/h1-8H2. The maximum atomic E-state index is 14.5. The predicted molar refractivity (Wildman–Crippen MR) is 166 cm³/mol. The van der Waals surface area contributed by atoms with Gasteiger partial charge in [-0.2, -0.15) is 178 Å². The smallest absolute Gasteiger partial charge is 0.457 e. The molecule has 452 valence electrons. The van der Waals surface area contributed by atoms with Crippen molar-refractivity contribution in [1.82, 2.24) is 29.9 Å². The Morgan fingerprint density at radius 2 is 0.462 bits per heavy atom. The van der Waals surface area contributed by atoms with Crippen LogP contribution in [0.15, 0.2) is 0 Å². The van der Waals surface area contributed by atoms with Crippen LogP contribution >= 0.6 is 0 Å². The molecule has 2 aromatic rings. The quantitative estimate of drug-likeness (QED) is 0.105. The second-order valence-electron chi connectivity index (χ2n) is 15.2. The molecule has 11 nitrogen and oxygen atoms in total. The number of ether oxygens (including phenoxy) is 5. The number of alkyl halides is 36. The molecular formula is C31H16F36N6O5. The Kier molecular flexibility index (Phi) is 17.2. The van der Waals surface area contributed by atoms with E-state index in [0.717, 1.165) is 0 Å². The fourth-order valence-corrected chi connectivity index (χ4v) is 5.24. The van der Waals surface area contributed by atoms with Crippen molar-refractivity contribution >= 4 is 0 Å². The molecule has 3 rings (SSSR count). The van der Waals surface area contributed by atoms with Crippen molar-refractivity contribution in [1.29, 1.82) is 0 Å². The third-order valence-corrected chi connectivity index (χ3v) is 9.76.